The standard InChI is InChI=1S/C17H17FO4/c1-21-13-5-3-4-11(8-13)9-15(17(19)20)14-10-12(18)6-7-16(14)22-2/h3-8,10,15H,9H2,1-2H3,(H,19,20). The average Bonchev–Trinajstić information content (AvgIpc) is 2.52. The van der Waals surface area contributed by atoms with Gasteiger partial charge in [-0.05, 0) is 42.3 Å². The molecule has 0 heterocycles. The van der Waals surface area contributed by atoms with Crippen molar-refractivity contribution in [1.82, 2.24) is 0 Å². The van der Waals surface area contributed by atoms with Crippen molar-refractivity contribution >= 4 is 5.97 Å². The monoisotopic (exact) mass is 304 g/mol. The molecule has 1 unspecified atom stereocenters. The van der Waals surface area contributed by atoms with E-state index in [-0.39, 0.29) is 6.42 Å². The molecule has 0 radical (unpaired) electrons. The van der Waals surface area contributed by atoms with Crippen LogP contribution in [0.5, 0.6) is 11.5 Å². The molecule has 0 aromatic heterocycles. The highest BCUT2D eigenvalue weighted by Gasteiger charge is 2.24. The van der Waals surface area contributed by atoms with Gasteiger partial charge >= 0.3 is 5.97 Å². The van der Waals surface area contributed by atoms with E-state index in [9.17, 15) is 14.3 Å². The van der Waals surface area contributed by atoms with Gasteiger partial charge in [0.15, 0.2) is 0 Å². The molecule has 2 aromatic rings. The molecule has 2 rings (SSSR count). The summed E-state index contributed by atoms with van der Waals surface area (Å²) in [5, 5.41) is 9.52. The van der Waals surface area contributed by atoms with Crippen LogP contribution < -0.4 is 9.47 Å². The Balaban J connectivity index is 2.38. The van der Waals surface area contributed by atoms with Crippen molar-refractivity contribution in [2.45, 2.75) is 12.3 Å². The van der Waals surface area contributed by atoms with E-state index in [0.29, 0.717) is 17.1 Å². The molecule has 0 aliphatic carbocycles. The van der Waals surface area contributed by atoms with E-state index >= 15 is 0 Å². The van der Waals surface area contributed by atoms with Crippen LogP contribution in [0, 0.1) is 5.82 Å². The minimum absolute atomic E-state index is 0.215. The van der Waals surface area contributed by atoms with Gasteiger partial charge in [-0.2, -0.15) is 0 Å². The largest absolute Gasteiger partial charge is 0.497 e. The van der Waals surface area contributed by atoms with Crippen LogP contribution in [0.15, 0.2) is 42.5 Å². The van der Waals surface area contributed by atoms with Crippen LogP contribution in [0.4, 0.5) is 4.39 Å². The second-order valence-electron chi connectivity index (χ2n) is 4.83. The van der Waals surface area contributed by atoms with Crippen molar-refractivity contribution in [2.24, 2.45) is 0 Å². The minimum atomic E-state index is -1.04. The van der Waals surface area contributed by atoms with E-state index in [2.05, 4.69) is 0 Å². The SMILES string of the molecule is COc1cccc(CC(C(=O)O)c2cc(F)ccc2OC)c1. The van der Waals surface area contributed by atoms with Crippen molar-refractivity contribution in [3.05, 3.63) is 59.4 Å². The fourth-order valence-electron chi connectivity index (χ4n) is 2.34. The van der Waals surface area contributed by atoms with Crippen LogP contribution in [-0.2, 0) is 11.2 Å². The molecule has 0 fully saturated rings. The number of hydrogen-bond acceptors (Lipinski definition) is 3. The third-order valence-electron chi connectivity index (χ3n) is 3.44. The number of aliphatic carboxylic acids is 1. The van der Waals surface area contributed by atoms with Gasteiger partial charge in [0.2, 0.25) is 0 Å². The maximum atomic E-state index is 13.5. The highest BCUT2D eigenvalue weighted by atomic mass is 19.1. The summed E-state index contributed by atoms with van der Waals surface area (Å²) in [6.45, 7) is 0. The van der Waals surface area contributed by atoms with Gasteiger partial charge in [0.25, 0.3) is 0 Å². The van der Waals surface area contributed by atoms with E-state index < -0.39 is 17.7 Å². The lowest BCUT2D eigenvalue weighted by atomic mass is 9.91. The molecule has 22 heavy (non-hydrogen) atoms. The Hall–Kier alpha value is -2.56. The number of rotatable bonds is 6. The molecule has 0 saturated heterocycles. The zero-order chi connectivity index (χ0) is 16.1. The highest BCUT2D eigenvalue weighted by molar-refractivity contribution is 5.77. The first-order valence-electron chi connectivity index (χ1n) is 6.74. The van der Waals surface area contributed by atoms with E-state index in [0.717, 1.165) is 5.56 Å². The van der Waals surface area contributed by atoms with Crippen LogP contribution in [0.2, 0.25) is 0 Å². The molecule has 1 atom stereocenters. The van der Waals surface area contributed by atoms with Gasteiger partial charge < -0.3 is 14.6 Å². The summed E-state index contributed by atoms with van der Waals surface area (Å²) in [5.74, 6) is -1.43. The zero-order valence-corrected chi connectivity index (χ0v) is 12.4. The third-order valence-corrected chi connectivity index (χ3v) is 3.44. The maximum absolute atomic E-state index is 13.5. The Kier molecular flexibility index (Phi) is 4.99. The number of hydrogen-bond donors (Lipinski definition) is 1. The number of carbonyl (C=O) groups is 1. The lowest BCUT2D eigenvalue weighted by Crippen LogP contribution is -2.16. The molecule has 0 bridgehead atoms. The molecule has 4 nitrogen and oxygen atoms in total. The van der Waals surface area contributed by atoms with Gasteiger partial charge in [-0.15, -0.1) is 0 Å². The molecule has 0 aliphatic heterocycles. The second kappa shape index (κ2) is 6.93. The van der Waals surface area contributed by atoms with Gasteiger partial charge in [-0.25, -0.2) is 4.39 Å². The summed E-state index contributed by atoms with van der Waals surface area (Å²) >= 11 is 0. The van der Waals surface area contributed by atoms with E-state index in [1.165, 1.54) is 25.3 Å². The molecule has 0 spiro atoms. The van der Waals surface area contributed by atoms with Crippen LogP contribution >= 0.6 is 0 Å². The molecule has 0 aliphatic rings. The first-order chi connectivity index (χ1) is 10.5. The quantitative estimate of drug-likeness (QED) is 0.890. The number of methoxy groups -OCH3 is 2. The lowest BCUT2D eigenvalue weighted by Gasteiger charge is -2.16. The number of halogens is 1. The third kappa shape index (κ3) is 3.55. The summed E-state index contributed by atoms with van der Waals surface area (Å²) in [6.07, 6.45) is 0.215. The summed E-state index contributed by atoms with van der Waals surface area (Å²) in [4.78, 5) is 11.6. The molecule has 1 N–H and O–H groups in total. The van der Waals surface area contributed by atoms with Crippen molar-refractivity contribution in [3.8, 4) is 11.5 Å². The second-order valence-corrected chi connectivity index (χ2v) is 4.83. The van der Waals surface area contributed by atoms with Crippen molar-refractivity contribution in [2.75, 3.05) is 14.2 Å². The van der Waals surface area contributed by atoms with E-state index in [4.69, 9.17) is 9.47 Å². The minimum Gasteiger partial charge on any atom is -0.497 e. The van der Waals surface area contributed by atoms with Gasteiger partial charge in [0.05, 0.1) is 20.1 Å². The zero-order valence-electron chi connectivity index (χ0n) is 12.4. The van der Waals surface area contributed by atoms with Gasteiger partial charge in [0, 0.05) is 5.56 Å². The topological polar surface area (TPSA) is 55.8 Å². The van der Waals surface area contributed by atoms with Gasteiger partial charge in [-0.1, -0.05) is 12.1 Å². The van der Waals surface area contributed by atoms with Crippen LogP contribution in [0.1, 0.15) is 17.0 Å². The fourth-order valence-corrected chi connectivity index (χ4v) is 2.34. The maximum Gasteiger partial charge on any atom is 0.311 e. The predicted molar refractivity (Wildman–Crippen MR) is 80.0 cm³/mol. The molecular weight excluding hydrogens is 287 g/mol. The van der Waals surface area contributed by atoms with Crippen LogP contribution in [0.25, 0.3) is 0 Å². The van der Waals surface area contributed by atoms with Crippen molar-refractivity contribution in [1.29, 1.82) is 0 Å². The molecule has 0 amide bonds. The average molecular weight is 304 g/mol. The Labute approximate surface area is 128 Å². The van der Waals surface area contributed by atoms with Crippen LogP contribution in [-0.4, -0.2) is 25.3 Å². The summed E-state index contributed by atoms with van der Waals surface area (Å²) in [6, 6.07) is 11.0. The summed E-state index contributed by atoms with van der Waals surface area (Å²) < 4.78 is 23.8. The van der Waals surface area contributed by atoms with Crippen molar-refractivity contribution in [3.63, 3.8) is 0 Å². The number of carboxylic acid groups (broad SMARTS) is 1. The Bertz CT molecular complexity index is 669. The Morgan fingerprint density at radius 1 is 1.18 bits per heavy atom. The summed E-state index contributed by atoms with van der Waals surface area (Å²) in [5.41, 5.74) is 1.11. The molecule has 5 heteroatoms. The Morgan fingerprint density at radius 3 is 2.59 bits per heavy atom. The molecule has 0 saturated carbocycles. The molecular formula is C17H17FO4. The normalized spacial score (nSPS) is 11.8. The highest BCUT2D eigenvalue weighted by Crippen LogP contribution is 2.31. The number of carboxylic acids is 1. The van der Waals surface area contributed by atoms with Crippen LogP contribution in [0.3, 0.4) is 0 Å². The summed E-state index contributed by atoms with van der Waals surface area (Å²) in [7, 11) is 2.98. The molecule has 2 aromatic carbocycles. The first kappa shape index (κ1) is 15.8. The predicted octanol–water partition coefficient (Wildman–Crippen LogP) is 3.25. The molecule has 116 valence electrons. The van der Waals surface area contributed by atoms with Gasteiger partial charge in [-0.3, -0.25) is 4.79 Å². The number of benzene rings is 2. The fraction of sp³-hybridized carbons (Fsp3) is 0.235. The van der Waals surface area contributed by atoms with Crippen molar-refractivity contribution < 1.29 is 23.8 Å². The van der Waals surface area contributed by atoms with E-state index in [1.54, 1.807) is 25.3 Å². The lowest BCUT2D eigenvalue weighted by molar-refractivity contribution is -0.138. The number of ether oxygens (including phenoxy) is 2. The van der Waals surface area contributed by atoms with Gasteiger partial charge in [0.1, 0.15) is 17.3 Å². The Morgan fingerprint density at radius 2 is 1.95 bits per heavy atom. The first-order valence-corrected chi connectivity index (χ1v) is 6.74. The smallest absolute Gasteiger partial charge is 0.311 e. The van der Waals surface area contributed by atoms with E-state index in [1.807, 2.05) is 6.07 Å².